The standard InChI is InChI=1S/C12H11Br2NS/c1-7-5-16-6-10(7)12(15)9-4-8(13)2-3-11(9)14/h2-6,12H,15H2,1H3. The predicted octanol–water partition coefficient (Wildman–Crippen LogP) is 4.63. The molecule has 2 rings (SSSR count). The van der Waals surface area contributed by atoms with Gasteiger partial charge in [-0.25, -0.2) is 0 Å². The number of rotatable bonds is 2. The molecule has 16 heavy (non-hydrogen) atoms. The van der Waals surface area contributed by atoms with Gasteiger partial charge in [0.2, 0.25) is 0 Å². The fraction of sp³-hybridized carbons (Fsp3) is 0.167. The molecule has 0 saturated carbocycles. The van der Waals surface area contributed by atoms with Crippen molar-refractivity contribution in [3.8, 4) is 0 Å². The summed E-state index contributed by atoms with van der Waals surface area (Å²) >= 11 is 8.71. The van der Waals surface area contributed by atoms with Crippen molar-refractivity contribution in [1.82, 2.24) is 0 Å². The third kappa shape index (κ3) is 2.40. The third-order valence-corrected chi connectivity index (χ3v) is 4.62. The van der Waals surface area contributed by atoms with Gasteiger partial charge in [-0.05, 0) is 52.6 Å². The molecule has 0 radical (unpaired) electrons. The Balaban J connectivity index is 2.45. The van der Waals surface area contributed by atoms with Gasteiger partial charge in [-0.2, -0.15) is 11.3 Å². The van der Waals surface area contributed by atoms with Crippen LogP contribution in [0.25, 0.3) is 0 Å². The molecule has 0 fully saturated rings. The second-order valence-corrected chi connectivity index (χ2v) is 6.17. The lowest BCUT2D eigenvalue weighted by Gasteiger charge is -2.14. The lowest BCUT2D eigenvalue weighted by molar-refractivity contribution is 0.861. The van der Waals surface area contributed by atoms with Crippen molar-refractivity contribution in [2.24, 2.45) is 5.73 Å². The Hall–Kier alpha value is -0.160. The summed E-state index contributed by atoms with van der Waals surface area (Å²) in [6.07, 6.45) is 0. The smallest absolute Gasteiger partial charge is 0.0574 e. The number of nitrogens with two attached hydrogens (primary N) is 1. The van der Waals surface area contributed by atoms with E-state index in [1.54, 1.807) is 11.3 Å². The van der Waals surface area contributed by atoms with Gasteiger partial charge in [0.1, 0.15) is 0 Å². The molecule has 0 amide bonds. The molecule has 0 aliphatic heterocycles. The van der Waals surface area contributed by atoms with E-state index >= 15 is 0 Å². The van der Waals surface area contributed by atoms with Crippen LogP contribution in [0.5, 0.6) is 0 Å². The molecule has 1 aromatic carbocycles. The van der Waals surface area contributed by atoms with E-state index in [0.717, 1.165) is 14.5 Å². The van der Waals surface area contributed by atoms with Crippen molar-refractivity contribution in [1.29, 1.82) is 0 Å². The Kier molecular flexibility index (Phi) is 3.85. The predicted molar refractivity (Wildman–Crippen MR) is 76.9 cm³/mol. The summed E-state index contributed by atoms with van der Waals surface area (Å²) in [5.74, 6) is 0. The van der Waals surface area contributed by atoms with Crippen molar-refractivity contribution < 1.29 is 0 Å². The molecule has 4 heteroatoms. The van der Waals surface area contributed by atoms with Crippen LogP contribution in [-0.2, 0) is 0 Å². The van der Waals surface area contributed by atoms with Gasteiger partial charge in [0.25, 0.3) is 0 Å². The molecule has 2 aromatic rings. The zero-order valence-corrected chi connectivity index (χ0v) is 12.7. The monoisotopic (exact) mass is 359 g/mol. The maximum absolute atomic E-state index is 6.29. The van der Waals surface area contributed by atoms with Gasteiger partial charge in [0.05, 0.1) is 6.04 Å². The highest BCUT2D eigenvalue weighted by molar-refractivity contribution is 9.11. The number of hydrogen-bond acceptors (Lipinski definition) is 2. The van der Waals surface area contributed by atoms with Crippen LogP contribution in [-0.4, -0.2) is 0 Å². The van der Waals surface area contributed by atoms with E-state index in [9.17, 15) is 0 Å². The molecular weight excluding hydrogens is 350 g/mol. The van der Waals surface area contributed by atoms with E-state index in [2.05, 4.69) is 55.6 Å². The van der Waals surface area contributed by atoms with Gasteiger partial charge >= 0.3 is 0 Å². The zero-order chi connectivity index (χ0) is 11.7. The average Bonchev–Trinajstić information content (AvgIpc) is 2.67. The molecule has 2 N–H and O–H groups in total. The lowest BCUT2D eigenvalue weighted by Crippen LogP contribution is -2.12. The van der Waals surface area contributed by atoms with E-state index in [1.807, 2.05) is 12.1 Å². The molecule has 1 heterocycles. The largest absolute Gasteiger partial charge is 0.320 e. The summed E-state index contributed by atoms with van der Waals surface area (Å²) in [6, 6.07) is 6.01. The first-order valence-electron chi connectivity index (χ1n) is 4.83. The minimum absolute atomic E-state index is 0.0712. The molecule has 1 nitrogen and oxygen atoms in total. The molecule has 1 aromatic heterocycles. The van der Waals surface area contributed by atoms with Crippen LogP contribution in [0, 0.1) is 6.92 Å². The van der Waals surface area contributed by atoms with E-state index in [-0.39, 0.29) is 6.04 Å². The molecule has 0 aliphatic carbocycles. The first-order valence-corrected chi connectivity index (χ1v) is 7.35. The number of benzene rings is 1. The summed E-state index contributed by atoms with van der Waals surface area (Å²) in [4.78, 5) is 0. The first-order chi connectivity index (χ1) is 7.59. The van der Waals surface area contributed by atoms with Crippen LogP contribution < -0.4 is 5.73 Å². The van der Waals surface area contributed by atoms with Crippen molar-refractivity contribution in [2.45, 2.75) is 13.0 Å². The molecule has 0 aliphatic rings. The summed E-state index contributed by atoms with van der Waals surface area (Å²) in [7, 11) is 0. The summed E-state index contributed by atoms with van der Waals surface area (Å²) in [5, 5.41) is 4.24. The number of aryl methyl sites for hydroxylation is 1. The number of halogens is 2. The van der Waals surface area contributed by atoms with Crippen LogP contribution in [0.2, 0.25) is 0 Å². The quantitative estimate of drug-likeness (QED) is 0.830. The van der Waals surface area contributed by atoms with Crippen molar-refractivity contribution in [3.63, 3.8) is 0 Å². The molecule has 84 valence electrons. The highest BCUT2D eigenvalue weighted by Crippen LogP contribution is 2.32. The van der Waals surface area contributed by atoms with Gasteiger partial charge in [-0.15, -0.1) is 0 Å². The molecule has 1 unspecified atom stereocenters. The zero-order valence-electron chi connectivity index (χ0n) is 8.71. The van der Waals surface area contributed by atoms with Crippen molar-refractivity contribution >= 4 is 43.2 Å². The lowest BCUT2D eigenvalue weighted by atomic mass is 10.00. The maximum atomic E-state index is 6.29. The van der Waals surface area contributed by atoms with Gasteiger partial charge < -0.3 is 5.73 Å². The van der Waals surface area contributed by atoms with E-state index in [4.69, 9.17) is 5.73 Å². The highest BCUT2D eigenvalue weighted by Gasteiger charge is 2.15. The van der Waals surface area contributed by atoms with Crippen LogP contribution in [0.15, 0.2) is 37.9 Å². The van der Waals surface area contributed by atoms with E-state index < -0.39 is 0 Å². The van der Waals surface area contributed by atoms with Crippen molar-refractivity contribution in [2.75, 3.05) is 0 Å². The third-order valence-electron chi connectivity index (χ3n) is 2.52. The van der Waals surface area contributed by atoms with E-state index in [0.29, 0.717) is 0 Å². The fourth-order valence-electron chi connectivity index (χ4n) is 1.61. The SMILES string of the molecule is Cc1cscc1C(N)c1cc(Br)ccc1Br. The first kappa shape index (κ1) is 12.3. The molecule has 0 bridgehead atoms. The van der Waals surface area contributed by atoms with Crippen LogP contribution in [0.1, 0.15) is 22.7 Å². The fourth-order valence-corrected chi connectivity index (χ4v) is 3.37. The Labute approximate surface area is 116 Å². The Morgan fingerprint density at radius 1 is 1.19 bits per heavy atom. The average molecular weight is 361 g/mol. The van der Waals surface area contributed by atoms with Crippen LogP contribution in [0.3, 0.4) is 0 Å². The number of thiophene rings is 1. The summed E-state index contributed by atoms with van der Waals surface area (Å²) in [6.45, 7) is 2.09. The van der Waals surface area contributed by atoms with Gasteiger partial charge in [0.15, 0.2) is 0 Å². The summed E-state index contributed by atoms with van der Waals surface area (Å²) in [5.41, 5.74) is 9.85. The van der Waals surface area contributed by atoms with Crippen LogP contribution >= 0.6 is 43.2 Å². The molecular formula is C12H11Br2NS. The van der Waals surface area contributed by atoms with Gasteiger partial charge in [0, 0.05) is 8.95 Å². The van der Waals surface area contributed by atoms with Crippen LogP contribution in [0.4, 0.5) is 0 Å². The number of hydrogen-bond donors (Lipinski definition) is 1. The topological polar surface area (TPSA) is 26.0 Å². The highest BCUT2D eigenvalue weighted by atomic mass is 79.9. The minimum Gasteiger partial charge on any atom is -0.320 e. The normalized spacial score (nSPS) is 12.8. The maximum Gasteiger partial charge on any atom is 0.0574 e. The Morgan fingerprint density at radius 2 is 1.94 bits per heavy atom. The minimum atomic E-state index is -0.0712. The second-order valence-electron chi connectivity index (χ2n) is 3.65. The van der Waals surface area contributed by atoms with Gasteiger partial charge in [-0.3, -0.25) is 0 Å². The Bertz CT molecular complexity index is 507. The molecule has 1 atom stereocenters. The van der Waals surface area contributed by atoms with Gasteiger partial charge in [-0.1, -0.05) is 31.9 Å². The summed E-state index contributed by atoms with van der Waals surface area (Å²) < 4.78 is 2.10. The van der Waals surface area contributed by atoms with Crippen molar-refractivity contribution in [3.05, 3.63) is 54.6 Å². The Morgan fingerprint density at radius 3 is 2.56 bits per heavy atom. The molecule has 0 saturated heterocycles. The van der Waals surface area contributed by atoms with E-state index in [1.165, 1.54) is 11.1 Å². The molecule has 0 spiro atoms. The second kappa shape index (κ2) is 5.00.